The van der Waals surface area contributed by atoms with E-state index in [1.54, 1.807) is 12.1 Å². The summed E-state index contributed by atoms with van der Waals surface area (Å²) in [5, 5.41) is 0. The summed E-state index contributed by atoms with van der Waals surface area (Å²) in [6.07, 6.45) is 0. The molecular formula is C9H7O4. The molecular weight excluding hydrogens is 172 g/mol. The molecule has 0 spiro atoms. The topological polar surface area (TPSA) is 52.6 Å². The molecule has 0 aliphatic rings. The lowest BCUT2D eigenvalue weighted by molar-refractivity contribution is -0.131. The van der Waals surface area contributed by atoms with Crippen LogP contribution in [0.1, 0.15) is 6.92 Å². The fourth-order valence-corrected chi connectivity index (χ4v) is 0.819. The van der Waals surface area contributed by atoms with Crippen molar-refractivity contribution in [2.45, 2.75) is 6.92 Å². The Morgan fingerprint density at radius 2 is 1.92 bits per heavy atom. The maximum atomic E-state index is 10.6. The van der Waals surface area contributed by atoms with Crippen LogP contribution in [0.3, 0.4) is 0 Å². The normalized spacial score (nSPS) is 9.00. The Labute approximate surface area is 75.1 Å². The highest BCUT2D eigenvalue weighted by molar-refractivity contribution is 5.70. The molecule has 1 rings (SSSR count). The molecule has 0 heterocycles. The third kappa shape index (κ3) is 2.59. The Morgan fingerprint density at radius 1 is 1.31 bits per heavy atom. The number of para-hydroxylation sites is 2. The minimum absolute atomic E-state index is 0.174. The summed E-state index contributed by atoms with van der Waals surface area (Å²) in [7, 11) is 0. The second-order valence-corrected chi connectivity index (χ2v) is 2.23. The van der Waals surface area contributed by atoms with E-state index >= 15 is 0 Å². The zero-order valence-corrected chi connectivity index (χ0v) is 6.94. The van der Waals surface area contributed by atoms with Gasteiger partial charge in [0, 0.05) is 6.92 Å². The van der Waals surface area contributed by atoms with Crippen molar-refractivity contribution >= 4 is 12.4 Å². The Balaban J connectivity index is 2.90. The molecule has 0 aliphatic heterocycles. The van der Waals surface area contributed by atoms with Crippen molar-refractivity contribution in [2.24, 2.45) is 0 Å². The number of rotatable bonds is 3. The quantitative estimate of drug-likeness (QED) is 0.514. The summed E-state index contributed by atoms with van der Waals surface area (Å²) >= 11 is 0. The average Bonchev–Trinajstić information content (AvgIpc) is 2.08. The number of carbonyl (C=O) groups is 1. The van der Waals surface area contributed by atoms with E-state index in [1.807, 2.05) is 0 Å². The molecule has 4 nitrogen and oxygen atoms in total. The summed E-state index contributed by atoms with van der Waals surface area (Å²) in [5.41, 5.74) is 0. The van der Waals surface area contributed by atoms with Crippen molar-refractivity contribution < 1.29 is 19.1 Å². The second kappa shape index (κ2) is 4.25. The van der Waals surface area contributed by atoms with Gasteiger partial charge >= 0.3 is 12.4 Å². The summed E-state index contributed by atoms with van der Waals surface area (Å²) in [5.74, 6) is -0.0898. The number of benzene rings is 1. The molecule has 0 bridgehead atoms. The van der Waals surface area contributed by atoms with Crippen molar-refractivity contribution in [1.29, 1.82) is 0 Å². The van der Waals surface area contributed by atoms with E-state index < -0.39 is 5.97 Å². The van der Waals surface area contributed by atoms with Gasteiger partial charge in [-0.2, -0.15) is 0 Å². The third-order valence-electron chi connectivity index (χ3n) is 1.25. The Kier molecular flexibility index (Phi) is 3.03. The molecule has 0 unspecified atom stereocenters. The van der Waals surface area contributed by atoms with Gasteiger partial charge in [0.25, 0.3) is 0 Å². The fourth-order valence-electron chi connectivity index (χ4n) is 0.819. The molecule has 0 aliphatic carbocycles. The van der Waals surface area contributed by atoms with Crippen LogP contribution in [0.5, 0.6) is 11.5 Å². The minimum Gasteiger partial charge on any atom is -0.423 e. The summed E-state index contributed by atoms with van der Waals surface area (Å²) in [6, 6.07) is 6.34. The van der Waals surface area contributed by atoms with E-state index in [4.69, 9.17) is 4.74 Å². The average molecular weight is 179 g/mol. The van der Waals surface area contributed by atoms with Gasteiger partial charge < -0.3 is 9.47 Å². The minimum atomic E-state index is -0.470. The Hall–Kier alpha value is -1.84. The van der Waals surface area contributed by atoms with Gasteiger partial charge in [-0.15, -0.1) is 0 Å². The number of esters is 1. The second-order valence-electron chi connectivity index (χ2n) is 2.23. The number of carbonyl (C=O) groups excluding carboxylic acids is 2. The summed E-state index contributed by atoms with van der Waals surface area (Å²) in [4.78, 5) is 20.5. The highest BCUT2D eigenvalue weighted by atomic mass is 16.6. The lowest BCUT2D eigenvalue weighted by atomic mass is 10.3. The summed E-state index contributed by atoms with van der Waals surface area (Å²) in [6.45, 7) is 2.52. The van der Waals surface area contributed by atoms with Crippen molar-refractivity contribution in [1.82, 2.24) is 0 Å². The largest absolute Gasteiger partial charge is 0.423 e. The van der Waals surface area contributed by atoms with E-state index in [1.165, 1.54) is 25.5 Å². The first-order valence-corrected chi connectivity index (χ1v) is 3.55. The molecule has 0 aromatic heterocycles. The van der Waals surface area contributed by atoms with Crippen molar-refractivity contribution in [3.8, 4) is 11.5 Å². The first kappa shape index (κ1) is 9.25. The van der Waals surface area contributed by atoms with Crippen LogP contribution in [-0.2, 0) is 9.59 Å². The molecule has 1 aromatic carbocycles. The van der Waals surface area contributed by atoms with E-state index in [-0.39, 0.29) is 11.5 Å². The van der Waals surface area contributed by atoms with Crippen LogP contribution < -0.4 is 9.47 Å². The highest BCUT2D eigenvalue weighted by Crippen LogP contribution is 2.25. The van der Waals surface area contributed by atoms with Crippen LogP contribution in [0, 0.1) is 0 Å². The molecule has 0 N–H and O–H groups in total. The predicted molar refractivity (Wildman–Crippen MR) is 44.1 cm³/mol. The van der Waals surface area contributed by atoms with Gasteiger partial charge in [-0.05, 0) is 12.1 Å². The fraction of sp³-hybridized carbons (Fsp3) is 0.111. The number of hydrogen-bond acceptors (Lipinski definition) is 4. The van der Waals surface area contributed by atoms with E-state index in [2.05, 4.69) is 4.74 Å². The van der Waals surface area contributed by atoms with Crippen molar-refractivity contribution in [3.63, 3.8) is 0 Å². The molecule has 4 heteroatoms. The number of ether oxygens (including phenoxy) is 2. The van der Waals surface area contributed by atoms with Crippen LogP contribution in [-0.4, -0.2) is 12.4 Å². The van der Waals surface area contributed by atoms with Gasteiger partial charge in [0.05, 0.1) is 0 Å². The Bertz CT molecular complexity index is 319. The van der Waals surface area contributed by atoms with Crippen LogP contribution in [0.4, 0.5) is 0 Å². The zero-order valence-electron chi connectivity index (χ0n) is 6.94. The van der Waals surface area contributed by atoms with E-state index in [0.717, 1.165) is 0 Å². The standard InChI is InChI=1S/C9H7O4/c1-7(11)13-9-5-3-2-4-8(9)12-6-10/h2-5H,1H3. The van der Waals surface area contributed by atoms with E-state index in [9.17, 15) is 9.59 Å². The van der Waals surface area contributed by atoms with Gasteiger partial charge in [-0.3, -0.25) is 4.79 Å². The van der Waals surface area contributed by atoms with Crippen LogP contribution >= 0.6 is 0 Å². The zero-order chi connectivity index (χ0) is 9.68. The molecule has 0 saturated carbocycles. The smallest absolute Gasteiger partial charge is 0.423 e. The lowest BCUT2D eigenvalue weighted by Gasteiger charge is -2.04. The first-order chi connectivity index (χ1) is 6.24. The van der Waals surface area contributed by atoms with Gasteiger partial charge in [0.15, 0.2) is 11.5 Å². The van der Waals surface area contributed by atoms with Crippen molar-refractivity contribution in [3.05, 3.63) is 24.3 Å². The van der Waals surface area contributed by atoms with Crippen LogP contribution in [0.15, 0.2) is 24.3 Å². The van der Waals surface area contributed by atoms with Crippen LogP contribution in [0.2, 0.25) is 0 Å². The molecule has 0 amide bonds. The molecule has 1 radical (unpaired) electrons. The molecule has 13 heavy (non-hydrogen) atoms. The van der Waals surface area contributed by atoms with Gasteiger partial charge in [0.2, 0.25) is 0 Å². The van der Waals surface area contributed by atoms with Gasteiger partial charge in [-0.1, -0.05) is 12.1 Å². The SMILES string of the molecule is CC(=O)Oc1ccccc1O[C]=O. The third-order valence-corrected chi connectivity index (χ3v) is 1.25. The predicted octanol–water partition coefficient (Wildman–Crippen LogP) is 1.06. The maximum Gasteiger partial charge on any atom is 0.423 e. The Morgan fingerprint density at radius 3 is 2.46 bits per heavy atom. The molecule has 0 fully saturated rings. The lowest BCUT2D eigenvalue weighted by Crippen LogP contribution is -2.03. The van der Waals surface area contributed by atoms with Gasteiger partial charge in [0.1, 0.15) is 0 Å². The monoisotopic (exact) mass is 179 g/mol. The van der Waals surface area contributed by atoms with E-state index in [0.29, 0.717) is 0 Å². The van der Waals surface area contributed by atoms with Gasteiger partial charge in [-0.25, -0.2) is 4.79 Å². The molecule has 0 saturated heterocycles. The van der Waals surface area contributed by atoms with Crippen LogP contribution in [0.25, 0.3) is 0 Å². The maximum absolute atomic E-state index is 10.6. The van der Waals surface area contributed by atoms with Crippen molar-refractivity contribution in [2.75, 3.05) is 0 Å². The summed E-state index contributed by atoms with van der Waals surface area (Å²) < 4.78 is 9.21. The molecule has 67 valence electrons. The highest BCUT2D eigenvalue weighted by Gasteiger charge is 2.05. The first-order valence-electron chi connectivity index (χ1n) is 3.55. The number of hydrogen-bond donors (Lipinski definition) is 0. The molecule has 1 aromatic rings. The molecule has 0 atom stereocenters.